The first-order valence-corrected chi connectivity index (χ1v) is 6.30. The molecular formula is C16H10FN3O2. The summed E-state index contributed by atoms with van der Waals surface area (Å²) in [5.74, 6) is -0.0447. The van der Waals surface area contributed by atoms with Crippen LogP contribution in [0.3, 0.4) is 0 Å². The SMILES string of the molecule is [C-]#[N+]c1cc2c(Oc3ccc(N)c(F)c3)ccnc2cc1O. The molecule has 0 bridgehead atoms. The Kier molecular flexibility index (Phi) is 3.24. The van der Waals surface area contributed by atoms with E-state index >= 15 is 0 Å². The summed E-state index contributed by atoms with van der Waals surface area (Å²) in [6.07, 6.45) is 1.50. The average molecular weight is 295 g/mol. The highest BCUT2D eigenvalue weighted by atomic mass is 19.1. The Morgan fingerprint density at radius 3 is 2.77 bits per heavy atom. The lowest BCUT2D eigenvalue weighted by Crippen LogP contribution is -1.92. The van der Waals surface area contributed by atoms with Crippen molar-refractivity contribution >= 4 is 22.3 Å². The Balaban J connectivity index is 2.10. The van der Waals surface area contributed by atoms with Gasteiger partial charge in [-0.3, -0.25) is 4.98 Å². The minimum atomic E-state index is -0.574. The molecule has 3 rings (SSSR count). The Morgan fingerprint density at radius 2 is 2.05 bits per heavy atom. The zero-order valence-corrected chi connectivity index (χ0v) is 11.2. The predicted octanol–water partition coefficient (Wildman–Crippen LogP) is 4.00. The van der Waals surface area contributed by atoms with Gasteiger partial charge in [0.25, 0.3) is 0 Å². The second-order valence-corrected chi connectivity index (χ2v) is 4.56. The van der Waals surface area contributed by atoms with Crippen molar-refractivity contribution in [1.29, 1.82) is 0 Å². The quantitative estimate of drug-likeness (QED) is 0.553. The van der Waals surface area contributed by atoms with Gasteiger partial charge in [0.15, 0.2) is 0 Å². The van der Waals surface area contributed by atoms with Gasteiger partial charge in [0.2, 0.25) is 5.69 Å². The van der Waals surface area contributed by atoms with Crippen LogP contribution in [0.25, 0.3) is 15.7 Å². The van der Waals surface area contributed by atoms with Gasteiger partial charge in [0, 0.05) is 17.6 Å². The molecule has 0 radical (unpaired) electrons. The van der Waals surface area contributed by atoms with Crippen LogP contribution in [-0.2, 0) is 0 Å². The highest BCUT2D eigenvalue weighted by Crippen LogP contribution is 2.36. The van der Waals surface area contributed by atoms with Crippen LogP contribution in [0.4, 0.5) is 15.8 Å². The number of hydrogen-bond acceptors (Lipinski definition) is 4. The maximum Gasteiger partial charge on any atom is 0.228 e. The number of aromatic nitrogens is 1. The van der Waals surface area contributed by atoms with Crippen molar-refractivity contribution in [3.63, 3.8) is 0 Å². The molecule has 1 aromatic heterocycles. The number of phenols is 1. The molecule has 0 saturated heterocycles. The molecule has 0 atom stereocenters. The Bertz CT molecular complexity index is 919. The van der Waals surface area contributed by atoms with Gasteiger partial charge in [-0.2, -0.15) is 0 Å². The molecule has 0 saturated carbocycles. The van der Waals surface area contributed by atoms with E-state index in [9.17, 15) is 9.50 Å². The van der Waals surface area contributed by atoms with Crippen LogP contribution in [0.15, 0.2) is 42.6 Å². The molecule has 108 valence electrons. The number of nitrogens with two attached hydrogens (primary N) is 1. The molecule has 0 amide bonds. The molecule has 0 aliphatic rings. The number of rotatable bonds is 2. The molecule has 5 nitrogen and oxygen atoms in total. The number of halogens is 1. The summed E-state index contributed by atoms with van der Waals surface area (Å²) in [7, 11) is 0. The van der Waals surface area contributed by atoms with E-state index in [4.69, 9.17) is 17.0 Å². The summed E-state index contributed by atoms with van der Waals surface area (Å²) >= 11 is 0. The Hall–Kier alpha value is -3.33. The van der Waals surface area contributed by atoms with Gasteiger partial charge in [-0.1, -0.05) is 0 Å². The summed E-state index contributed by atoms with van der Waals surface area (Å²) in [5, 5.41) is 10.2. The van der Waals surface area contributed by atoms with Gasteiger partial charge in [-0.25, -0.2) is 9.24 Å². The zero-order chi connectivity index (χ0) is 15.7. The molecule has 6 heteroatoms. The second-order valence-electron chi connectivity index (χ2n) is 4.56. The van der Waals surface area contributed by atoms with E-state index in [1.54, 1.807) is 12.1 Å². The largest absolute Gasteiger partial charge is 0.519 e. The van der Waals surface area contributed by atoms with E-state index in [0.29, 0.717) is 16.7 Å². The fourth-order valence-corrected chi connectivity index (χ4v) is 2.02. The topological polar surface area (TPSA) is 72.7 Å². The lowest BCUT2D eigenvalue weighted by Gasteiger charge is -2.10. The van der Waals surface area contributed by atoms with E-state index in [-0.39, 0.29) is 22.9 Å². The molecule has 22 heavy (non-hydrogen) atoms. The minimum absolute atomic E-state index is 0.0344. The minimum Gasteiger partial charge on any atom is -0.519 e. The molecule has 1 heterocycles. The number of pyridine rings is 1. The van der Waals surface area contributed by atoms with Crippen LogP contribution in [0.5, 0.6) is 17.2 Å². The van der Waals surface area contributed by atoms with Crippen LogP contribution in [-0.4, -0.2) is 10.1 Å². The first kappa shape index (κ1) is 13.6. The highest BCUT2D eigenvalue weighted by molar-refractivity contribution is 5.90. The van der Waals surface area contributed by atoms with Gasteiger partial charge < -0.3 is 15.6 Å². The third-order valence-electron chi connectivity index (χ3n) is 3.12. The van der Waals surface area contributed by atoms with Gasteiger partial charge in [0.05, 0.1) is 17.8 Å². The molecule has 3 N–H and O–H groups in total. The third-order valence-corrected chi connectivity index (χ3v) is 3.12. The number of nitrogen functional groups attached to an aromatic ring is 1. The lowest BCUT2D eigenvalue weighted by molar-refractivity contribution is 0.477. The summed E-state index contributed by atoms with van der Waals surface area (Å²) in [4.78, 5) is 7.35. The number of anilines is 1. The van der Waals surface area contributed by atoms with Crippen molar-refractivity contribution in [2.75, 3.05) is 5.73 Å². The first-order valence-electron chi connectivity index (χ1n) is 6.30. The standard InChI is InChI=1S/C16H10FN3O2/c1-19-14-7-10-13(8-15(14)21)20-5-4-16(10)22-9-2-3-12(18)11(17)6-9/h2-8,21H,18H2. The van der Waals surface area contributed by atoms with E-state index in [1.807, 2.05) is 0 Å². The number of fused-ring (bicyclic) bond motifs is 1. The van der Waals surface area contributed by atoms with Crippen molar-refractivity contribution in [3.05, 3.63) is 59.8 Å². The van der Waals surface area contributed by atoms with Crippen LogP contribution < -0.4 is 10.5 Å². The van der Waals surface area contributed by atoms with Crippen molar-refractivity contribution in [2.24, 2.45) is 0 Å². The predicted molar refractivity (Wildman–Crippen MR) is 80.6 cm³/mol. The average Bonchev–Trinajstić information content (AvgIpc) is 2.50. The molecule has 0 spiro atoms. The number of phenolic OH excluding ortho intramolecular Hbond substituents is 1. The molecule has 0 aliphatic carbocycles. The molecular weight excluding hydrogens is 285 g/mol. The number of hydrogen-bond donors (Lipinski definition) is 2. The summed E-state index contributed by atoms with van der Waals surface area (Å²) in [5.41, 5.74) is 6.02. The Labute approximate surface area is 125 Å². The molecule has 0 aliphatic heterocycles. The zero-order valence-electron chi connectivity index (χ0n) is 11.2. The first-order chi connectivity index (χ1) is 10.6. The third kappa shape index (κ3) is 2.36. The number of nitrogens with zero attached hydrogens (tertiary/aromatic N) is 2. The van der Waals surface area contributed by atoms with Gasteiger partial charge in [-0.05, 0) is 30.3 Å². The summed E-state index contributed by atoms with van der Waals surface area (Å²) < 4.78 is 19.1. The fraction of sp³-hybridized carbons (Fsp3) is 0. The smallest absolute Gasteiger partial charge is 0.228 e. The number of aromatic hydroxyl groups is 1. The number of ether oxygens (including phenoxy) is 1. The van der Waals surface area contributed by atoms with Crippen molar-refractivity contribution in [1.82, 2.24) is 4.98 Å². The van der Waals surface area contributed by atoms with Crippen molar-refractivity contribution < 1.29 is 14.2 Å². The van der Waals surface area contributed by atoms with E-state index in [0.717, 1.165) is 0 Å². The lowest BCUT2D eigenvalue weighted by atomic mass is 10.1. The van der Waals surface area contributed by atoms with Crippen LogP contribution in [0, 0.1) is 12.4 Å². The van der Waals surface area contributed by atoms with E-state index in [1.165, 1.54) is 30.5 Å². The Morgan fingerprint density at radius 1 is 1.23 bits per heavy atom. The maximum absolute atomic E-state index is 13.5. The van der Waals surface area contributed by atoms with E-state index < -0.39 is 5.82 Å². The van der Waals surface area contributed by atoms with Gasteiger partial charge >= 0.3 is 0 Å². The van der Waals surface area contributed by atoms with Crippen molar-refractivity contribution in [3.8, 4) is 17.2 Å². The molecule has 0 unspecified atom stereocenters. The second kappa shape index (κ2) is 5.22. The fourth-order valence-electron chi connectivity index (χ4n) is 2.02. The van der Waals surface area contributed by atoms with Gasteiger partial charge in [-0.15, -0.1) is 0 Å². The van der Waals surface area contributed by atoms with Crippen molar-refractivity contribution in [2.45, 2.75) is 0 Å². The van der Waals surface area contributed by atoms with Crippen LogP contribution in [0.1, 0.15) is 0 Å². The normalized spacial score (nSPS) is 10.4. The van der Waals surface area contributed by atoms with Crippen LogP contribution >= 0.6 is 0 Å². The van der Waals surface area contributed by atoms with Crippen LogP contribution in [0.2, 0.25) is 0 Å². The van der Waals surface area contributed by atoms with Gasteiger partial charge in [0.1, 0.15) is 23.1 Å². The summed E-state index contributed by atoms with van der Waals surface area (Å²) in [6.45, 7) is 7.04. The maximum atomic E-state index is 13.5. The molecule has 2 aromatic carbocycles. The highest BCUT2D eigenvalue weighted by Gasteiger charge is 2.10. The monoisotopic (exact) mass is 295 g/mol. The summed E-state index contributed by atoms with van der Waals surface area (Å²) in [6, 6.07) is 8.59. The number of benzene rings is 2. The molecule has 0 fully saturated rings. The van der Waals surface area contributed by atoms with E-state index in [2.05, 4.69) is 9.83 Å². The molecule has 3 aromatic rings.